The van der Waals surface area contributed by atoms with Gasteiger partial charge in [-0.25, -0.2) is 4.98 Å². The molecule has 0 bridgehead atoms. The number of aromatic nitrogens is 1. The van der Waals surface area contributed by atoms with Gasteiger partial charge in [-0.1, -0.05) is 60.7 Å². The summed E-state index contributed by atoms with van der Waals surface area (Å²) in [5.41, 5.74) is 0.209. The number of pyridine rings is 1. The van der Waals surface area contributed by atoms with Gasteiger partial charge in [-0.15, -0.1) is 0 Å². The molecule has 0 N–H and O–H groups in total. The maximum Gasteiger partial charge on any atom is 0.433 e. The van der Waals surface area contributed by atoms with Gasteiger partial charge in [0.2, 0.25) is 0 Å². The number of halogens is 3. The van der Waals surface area contributed by atoms with Crippen molar-refractivity contribution in [2.45, 2.75) is 25.3 Å². The fourth-order valence-corrected chi connectivity index (χ4v) is 3.48. The minimum atomic E-state index is -4.57. The van der Waals surface area contributed by atoms with Gasteiger partial charge >= 0.3 is 6.18 Å². The first kappa shape index (κ1) is 16.8. The van der Waals surface area contributed by atoms with Crippen LogP contribution in [-0.4, -0.2) is 4.98 Å². The van der Waals surface area contributed by atoms with Crippen LogP contribution in [0.2, 0.25) is 0 Å². The zero-order valence-electron chi connectivity index (χ0n) is 14.0. The van der Waals surface area contributed by atoms with Crippen LogP contribution < -0.4 is 0 Å². The van der Waals surface area contributed by atoms with E-state index < -0.39 is 17.5 Å². The molecule has 2 aromatic carbocycles. The highest BCUT2D eigenvalue weighted by Gasteiger charge is 2.47. The Labute approximate surface area is 149 Å². The Bertz CT molecular complexity index is 939. The van der Waals surface area contributed by atoms with Gasteiger partial charge in [0.15, 0.2) is 5.69 Å². The van der Waals surface area contributed by atoms with Crippen LogP contribution in [0, 0.1) is 0 Å². The third-order valence-electron chi connectivity index (χ3n) is 4.76. The number of rotatable bonds is 2. The summed E-state index contributed by atoms with van der Waals surface area (Å²) in [6.45, 7) is 1.79. The van der Waals surface area contributed by atoms with Crippen molar-refractivity contribution >= 4 is 0 Å². The molecule has 0 radical (unpaired) electrons. The highest BCUT2D eigenvalue weighted by Crippen LogP contribution is 2.47. The lowest BCUT2D eigenvalue weighted by Gasteiger charge is -2.27. The molecule has 5 heteroatoms. The first-order valence-electron chi connectivity index (χ1n) is 8.26. The molecule has 132 valence electrons. The van der Waals surface area contributed by atoms with Crippen LogP contribution in [0.25, 0.3) is 11.3 Å². The summed E-state index contributed by atoms with van der Waals surface area (Å²) in [7, 11) is 0. The summed E-state index contributed by atoms with van der Waals surface area (Å²) < 4.78 is 47.5. The third kappa shape index (κ3) is 2.69. The number of alkyl halides is 3. The van der Waals surface area contributed by atoms with Gasteiger partial charge in [0.25, 0.3) is 0 Å². The molecule has 0 saturated carbocycles. The minimum Gasteiger partial charge on any atom is -0.361 e. The molecule has 1 aliphatic heterocycles. The zero-order valence-corrected chi connectivity index (χ0v) is 14.0. The third-order valence-corrected chi connectivity index (χ3v) is 4.76. The van der Waals surface area contributed by atoms with Crippen molar-refractivity contribution in [3.63, 3.8) is 0 Å². The second-order valence-electron chi connectivity index (χ2n) is 6.44. The summed E-state index contributed by atoms with van der Waals surface area (Å²) in [6.07, 6.45) is -4.57. The SMILES string of the molecule is CC1(c2ccccc2)OCc2cc(-c3ccccc3)nc(C(F)(F)F)c21. The molecule has 1 aliphatic rings. The van der Waals surface area contributed by atoms with Crippen molar-refractivity contribution in [2.75, 3.05) is 0 Å². The maximum atomic E-state index is 13.9. The molecule has 0 aliphatic carbocycles. The maximum absolute atomic E-state index is 13.9. The van der Waals surface area contributed by atoms with Crippen LogP contribution in [0.4, 0.5) is 13.2 Å². The van der Waals surface area contributed by atoms with Crippen molar-refractivity contribution in [1.29, 1.82) is 0 Å². The average Bonchev–Trinajstić information content (AvgIpc) is 3.00. The minimum absolute atomic E-state index is 0.107. The van der Waals surface area contributed by atoms with Gasteiger partial charge in [-0.2, -0.15) is 13.2 Å². The van der Waals surface area contributed by atoms with Gasteiger partial charge in [0.1, 0.15) is 5.60 Å². The monoisotopic (exact) mass is 355 g/mol. The van der Waals surface area contributed by atoms with E-state index in [1.165, 1.54) is 0 Å². The van der Waals surface area contributed by atoms with Crippen LogP contribution in [0.1, 0.15) is 29.3 Å². The molecule has 3 aromatic rings. The molecule has 1 aromatic heterocycles. The quantitative estimate of drug-likeness (QED) is 0.600. The van der Waals surface area contributed by atoms with Crippen molar-refractivity contribution in [2.24, 2.45) is 0 Å². The first-order chi connectivity index (χ1) is 12.4. The predicted octanol–water partition coefficient (Wildman–Crippen LogP) is 5.56. The van der Waals surface area contributed by atoms with Crippen LogP contribution in [-0.2, 0) is 23.1 Å². The van der Waals surface area contributed by atoms with Gasteiger partial charge in [-0.05, 0) is 24.1 Å². The van der Waals surface area contributed by atoms with Crippen LogP contribution in [0.3, 0.4) is 0 Å². The fourth-order valence-electron chi connectivity index (χ4n) is 3.48. The van der Waals surface area contributed by atoms with E-state index >= 15 is 0 Å². The van der Waals surface area contributed by atoms with Crippen molar-refractivity contribution in [1.82, 2.24) is 4.98 Å². The molecule has 2 heterocycles. The Kier molecular flexibility index (Phi) is 3.84. The molecule has 2 nitrogen and oxygen atoms in total. The molecule has 0 spiro atoms. The lowest BCUT2D eigenvalue weighted by Crippen LogP contribution is -2.27. The van der Waals surface area contributed by atoms with E-state index in [2.05, 4.69) is 4.98 Å². The van der Waals surface area contributed by atoms with Crippen LogP contribution in [0.15, 0.2) is 66.7 Å². The van der Waals surface area contributed by atoms with Crippen LogP contribution >= 0.6 is 0 Å². The summed E-state index contributed by atoms with van der Waals surface area (Å²) >= 11 is 0. The summed E-state index contributed by atoms with van der Waals surface area (Å²) in [5, 5.41) is 0. The van der Waals surface area contributed by atoms with Gasteiger partial charge in [0.05, 0.1) is 12.3 Å². The molecule has 0 saturated heterocycles. The molecule has 4 rings (SSSR count). The van der Waals surface area contributed by atoms with Gasteiger partial charge < -0.3 is 4.74 Å². The lowest BCUT2D eigenvalue weighted by molar-refractivity contribution is -0.143. The van der Waals surface area contributed by atoms with Crippen LogP contribution in [0.5, 0.6) is 0 Å². The molecule has 26 heavy (non-hydrogen) atoms. The van der Waals surface area contributed by atoms with E-state index in [0.29, 0.717) is 22.4 Å². The topological polar surface area (TPSA) is 22.1 Å². The Hall–Kier alpha value is -2.66. The summed E-state index contributed by atoms with van der Waals surface area (Å²) in [6, 6.07) is 19.5. The molecule has 1 atom stereocenters. The molecule has 0 amide bonds. The lowest BCUT2D eigenvalue weighted by atomic mass is 9.85. The van der Waals surface area contributed by atoms with Crippen molar-refractivity contribution in [3.05, 3.63) is 89.1 Å². The van der Waals surface area contributed by atoms with E-state index in [1.807, 2.05) is 12.1 Å². The number of hydrogen-bond acceptors (Lipinski definition) is 2. The van der Waals surface area contributed by atoms with Gasteiger partial charge in [0, 0.05) is 11.1 Å². The number of hydrogen-bond donors (Lipinski definition) is 0. The highest BCUT2D eigenvalue weighted by molar-refractivity contribution is 5.63. The molecular weight excluding hydrogens is 339 g/mol. The van der Waals surface area contributed by atoms with E-state index in [-0.39, 0.29) is 12.2 Å². The molecule has 0 fully saturated rings. The zero-order chi connectivity index (χ0) is 18.4. The Morgan fingerprint density at radius 1 is 0.962 bits per heavy atom. The largest absolute Gasteiger partial charge is 0.433 e. The van der Waals surface area contributed by atoms with E-state index in [1.54, 1.807) is 61.5 Å². The highest BCUT2D eigenvalue weighted by atomic mass is 19.4. The van der Waals surface area contributed by atoms with Gasteiger partial charge in [-0.3, -0.25) is 0 Å². The van der Waals surface area contributed by atoms with Crippen molar-refractivity contribution < 1.29 is 17.9 Å². The van der Waals surface area contributed by atoms with E-state index in [9.17, 15) is 13.2 Å². The Balaban J connectivity index is 1.96. The van der Waals surface area contributed by atoms with E-state index in [0.717, 1.165) is 0 Å². The molecular formula is C21H16F3NO. The second-order valence-corrected chi connectivity index (χ2v) is 6.44. The Morgan fingerprint density at radius 2 is 1.58 bits per heavy atom. The second kappa shape index (κ2) is 5.95. The average molecular weight is 355 g/mol. The number of benzene rings is 2. The number of nitrogens with zero attached hydrogens (tertiary/aromatic N) is 1. The number of fused-ring (bicyclic) bond motifs is 1. The standard InChI is InChI=1S/C21H16F3NO/c1-20(16-10-6-3-7-11-16)18-15(13-26-20)12-17(14-8-4-2-5-9-14)25-19(18)21(22,23)24/h2-12H,13H2,1H3. The molecule has 1 unspecified atom stereocenters. The fraction of sp³-hybridized carbons (Fsp3) is 0.190. The normalized spacial score (nSPS) is 19.4. The Morgan fingerprint density at radius 3 is 2.19 bits per heavy atom. The van der Waals surface area contributed by atoms with E-state index in [4.69, 9.17) is 4.74 Å². The first-order valence-corrected chi connectivity index (χ1v) is 8.26. The predicted molar refractivity (Wildman–Crippen MR) is 92.4 cm³/mol. The number of ether oxygens (including phenoxy) is 1. The smallest absolute Gasteiger partial charge is 0.361 e. The van der Waals surface area contributed by atoms with Crippen molar-refractivity contribution in [3.8, 4) is 11.3 Å². The summed E-state index contributed by atoms with van der Waals surface area (Å²) in [5.74, 6) is 0. The summed E-state index contributed by atoms with van der Waals surface area (Å²) in [4.78, 5) is 4.00.